The van der Waals surface area contributed by atoms with Crippen LogP contribution >= 0.6 is 0 Å². The van der Waals surface area contributed by atoms with Gasteiger partial charge in [0.2, 0.25) is 0 Å². The number of carbonyl (C=O) groups is 1. The highest BCUT2D eigenvalue weighted by Gasteiger charge is 2.05. The fourth-order valence-corrected chi connectivity index (χ4v) is 3.17. The molecule has 0 bridgehead atoms. The van der Waals surface area contributed by atoms with Crippen molar-refractivity contribution in [1.82, 2.24) is 15.8 Å². The number of fused-ring (bicyclic) bond motifs is 1. The minimum atomic E-state index is -0.547. The number of nitrogens with one attached hydrogen (secondary N) is 3. The molecule has 0 unspecified atom stereocenters. The first-order valence-corrected chi connectivity index (χ1v) is 10.3. The van der Waals surface area contributed by atoms with Crippen LogP contribution in [0.1, 0.15) is 30.5 Å². The molecule has 0 aliphatic carbocycles. The quantitative estimate of drug-likeness (QED) is 0.129. The molecule has 4 N–H and O–H groups in total. The van der Waals surface area contributed by atoms with Gasteiger partial charge in [-0.1, -0.05) is 29.8 Å². The van der Waals surface area contributed by atoms with E-state index in [4.69, 9.17) is 9.94 Å². The molecule has 0 atom stereocenters. The molecule has 162 valence electrons. The van der Waals surface area contributed by atoms with E-state index in [1.54, 1.807) is 11.6 Å². The number of amides is 1. The Kier molecular flexibility index (Phi) is 8.04. The monoisotopic (exact) mass is 419 g/mol. The first-order valence-electron chi connectivity index (χ1n) is 10.3. The van der Waals surface area contributed by atoms with Gasteiger partial charge in [0.05, 0.1) is 0 Å². The van der Waals surface area contributed by atoms with Gasteiger partial charge in [0.15, 0.2) is 0 Å². The van der Waals surface area contributed by atoms with Gasteiger partial charge in [0.25, 0.3) is 5.91 Å². The maximum absolute atomic E-state index is 11.0. The number of carbonyl (C=O) groups excluding carboxylic acids is 1. The predicted octanol–water partition coefficient (Wildman–Crippen LogP) is 4.36. The Hall–Kier alpha value is -3.35. The molecule has 31 heavy (non-hydrogen) atoms. The molecule has 0 aliphatic heterocycles. The number of benzene rings is 2. The Bertz CT molecular complexity index is 1060. The van der Waals surface area contributed by atoms with Crippen LogP contribution in [-0.2, 0) is 17.8 Å². The molecular weight excluding hydrogens is 390 g/mol. The molecule has 0 spiro atoms. The molecule has 0 aliphatic rings. The summed E-state index contributed by atoms with van der Waals surface area (Å²) in [6.45, 7) is 6.33. The molecule has 0 radical (unpaired) electrons. The molecular formula is C25H29N3O3. The number of aromatic amines is 1. The highest BCUT2D eigenvalue weighted by Crippen LogP contribution is 2.24. The zero-order chi connectivity index (χ0) is 22.1. The maximum atomic E-state index is 11.0. The van der Waals surface area contributed by atoms with E-state index in [-0.39, 0.29) is 0 Å². The van der Waals surface area contributed by atoms with E-state index in [1.165, 1.54) is 22.6 Å². The summed E-state index contributed by atoms with van der Waals surface area (Å²) in [7, 11) is 0. The summed E-state index contributed by atoms with van der Waals surface area (Å²) in [6, 6.07) is 14.1. The number of H-pyrrole nitrogens is 1. The summed E-state index contributed by atoms with van der Waals surface area (Å²) in [4.78, 5) is 14.4. The van der Waals surface area contributed by atoms with Crippen LogP contribution in [0.5, 0.6) is 5.75 Å². The van der Waals surface area contributed by atoms with Gasteiger partial charge in [0.1, 0.15) is 12.4 Å². The molecule has 3 aromatic rings. The summed E-state index contributed by atoms with van der Waals surface area (Å²) in [5, 5.41) is 13.2. The van der Waals surface area contributed by atoms with Gasteiger partial charge < -0.3 is 15.0 Å². The molecule has 6 nitrogen and oxygen atoms in total. The summed E-state index contributed by atoms with van der Waals surface area (Å²) < 4.78 is 5.83. The fraction of sp³-hybridized carbons (Fsp3) is 0.240. The SMILES string of the molecule is CC(C)=CCOc1ccc2[nH]cc(CCNCc3ccc(/C=C/C(=O)NO)cc3)c2c1. The molecule has 2 aromatic carbocycles. The summed E-state index contributed by atoms with van der Waals surface area (Å²) in [5.41, 5.74) is 7.25. The van der Waals surface area contributed by atoms with Gasteiger partial charge in [-0.3, -0.25) is 10.0 Å². The second-order valence-electron chi connectivity index (χ2n) is 7.59. The van der Waals surface area contributed by atoms with Crippen molar-refractivity contribution >= 4 is 22.9 Å². The van der Waals surface area contributed by atoms with Crippen molar-refractivity contribution in [2.75, 3.05) is 13.2 Å². The Balaban J connectivity index is 1.50. The van der Waals surface area contributed by atoms with Crippen LogP contribution in [0.4, 0.5) is 0 Å². The zero-order valence-electron chi connectivity index (χ0n) is 17.9. The summed E-state index contributed by atoms with van der Waals surface area (Å²) >= 11 is 0. The lowest BCUT2D eigenvalue weighted by Crippen LogP contribution is -2.16. The number of hydrogen-bond acceptors (Lipinski definition) is 4. The van der Waals surface area contributed by atoms with Crippen LogP contribution in [-0.4, -0.2) is 29.3 Å². The Morgan fingerprint density at radius 2 is 1.97 bits per heavy atom. The van der Waals surface area contributed by atoms with Crippen molar-refractivity contribution in [1.29, 1.82) is 0 Å². The number of aromatic nitrogens is 1. The second-order valence-corrected chi connectivity index (χ2v) is 7.59. The molecule has 0 saturated heterocycles. The van der Waals surface area contributed by atoms with Crippen molar-refractivity contribution in [2.45, 2.75) is 26.8 Å². The standard InChI is InChI=1S/C25H29N3O3/c1-18(2)12-14-31-22-8-9-24-23(15-22)21(17-27-24)11-13-26-16-20-5-3-19(4-6-20)7-10-25(29)28-30/h3-10,12,15,17,26-27,30H,11,13-14,16H2,1-2H3,(H,28,29)/b10-7+. The second kappa shape index (κ2) is 11.2. The topological polar surface area (TPSA) is 86.4 Å². The molecule has 0 fully saturated rings. The predicted molar refractivity (Wildman–Crippen MR) is 124 cm³/mol. The van der Waals surface area contributed by atoms with Crippen LogP contribution in [0.25, 0.3) is 17.0 Å². The smallest absolute Gasteiger partial charge is 0.267 e. The van der Waals surface area contributed by atoms with Gasteiger partial charge in [0, 0.05) is 29.7 Å². The van der Waals surface area contributed by atoms with E-state index in [0.29, 0.717) is 6.61 Å². The Morgan fingerprint density at radius 1 is 1.16 bits per heavy atom. The van der Waals surface area contributed by atoms with Crippen molar-refractivity contribution < 1.29 is 14.7 Å². The fourth-order valence-electron chi connectivity index (χ4n) is 3.17. The van der Waals surface area contributed by atoms with Crippen molar-refractivity contribution in [3.8, 4) is 5.75 Å². The third kappa shape index (κ3) is 6.84. The number of allylic oxidation sites excluding steroid dienone is 1. The molecule has 6 heteroatoms. The normalized spacial score (nSPS) is 11.1. The van der Waals surface area contributed by atoms with Crippen LogP contribution in [0.15, 0.2) is 66.4 Å². The van der Waals surface area contributed by atoms with Crippen LogP contribution in [0, 0.1) is 0 Å². The van der Waals surface area contributed by atoms with E-state index < -0.39 is 5.91 Å². The zero-order valence-corrected chi connectivity index (χ0v) is 17.9. The third-order valence-corrected chi connectivity index (χ3v) is 4.90. The van der Waals surface area contributed by atoms with Gasteiger partial charge in [-0.2, -0.15) is 0 Å². The van der Waals surface area contributed by atoms with Gasteiger partial charge in [-0.25, -0.2) is 5.48 Å². The molecule has 1 amide bonds. The van der Waals surface area contributed by atoms with Crippen LogP contribution in [0.3, 0.4) is 0 Å². The molecule has 0 saturated carbocycles. The Morgan fingerprint density at radius 3 is 2.71 bits per heavy atom. The van der Waals surface area contributed by atoms with Crippen LogP contribution in [0.2, 0.25) is 0 Å². The highest BCUT2D eigenvalue weighted by atomic mass is 16.5. The van der Waals surface area contributed by atoms with Crippen molar-refractivity contribution in [3.05, 3.63) is 83.1 Å². The minimum absolute atomic E-state index is 0.547. The lowest BCUT2D eigenvalue weighted by molar-refractivity contribution is -0.124. The van der Waals surface area contributed by atoms with Gasteiger partial charge in [-0.15, -0.1) is 0 Å². The molecule has 3 rings (SSSR count). The maximum Gasteiger partial charge on any atom is 0.267 e. The summed E-state index contributed by atoms with van der Waals surface area (Å²) in [5.74, 6) is 0.332. The van der Waals surface area contributed by atoms with Crippen LogP contribution < -0.4 is 15.5 Å². The first kappa shape index (κ1) is 22.3. The van der Waals surface area contributed by atoms with E-state index in [0.717, 1.165) is 41.9 Å². The highest BCUT2D eigenvalue weighted by molar-refractivity contribution is 5.90. The first-order chi connectivity index (χ1) is 15.0. The number of rotatable bonds is 10. The lowest BCUT2D eigenvalue weighted by atomic mass is 10.1. The van der Waals surface area contributed by atoms with E-state index in [9.17, 15) is 4.79 Å². The number of hydrogen-bond donors (Lipinski definition) is 4. The molecule has 1 heterocycles. The average Bonchev–Trinajstić information content (AvgIpc) is 3.18. The van der Waals surface area contributed by atoms with Crippen molar-refractivity contribution in [3.63, 3.8) is 0 Å². The lowest BCUT2D eigenvalue weighted by Gasteiger charge is -2.07. The third-order valence-electron chi connectivity index (χ3n) is 4.90. The van der Waals surface area contributed by atoms with E-state index >= 15 is 0 Å². The molecule has 1 aromatic heterocycles. The van der Waals surface area contributed by atoms with E-state index in [2.05, 4.69) is 48.6 Å². The summed E-state index contributed by atoms with van der Waals surface area (Å²) in [6.07, 6.45) is 7.98. The van der Waals surface area contributed by atoms with Crippen molar-refractivity contribution in [2.24, 2.45) is 0 Å². The largest absolute Gasteiger partial charge is 0.490 e. The van der Waals surface area contributed by atoms with Gasteiger partial charge >= 0.3 is 0 Å². The van der Waals surface area contributed by atoms with E-state index in [1.807, 2.05) is 30.3 Å². The number of hydroxylamine groups is 1. The number of ether oxygens (including phenoxy) is 1. The Labute approximate surface area is 182 Å². The van der Waals surface area contributed by atoms with Gasteiger partial charge in [-0.05, 0) is 73.9 Å². The average molecular weight is 420 g/mol. The minimum Gasteiger partial charge on any atom is -0.490 e.